The van der Waals surface area contributed by atoms with E-state index in [9.17, 15) is 27.2 Å². The predicted molar refractivity (Wildman–Crippen MR) is 117 cm³/mol. The lowest BCUT2D eigenvalue weighted by atomic mass is 10.00. The molecular formula is C25H21F4N3O2. The molecule has 0 bridgehead atoms. The number of amides is 2. The fourth-order valence-corrected chi connectivity index (χ4v) is 3.40. The molecule has 34 heavy (non-hydrogen) atoms. The molecular weight excluding hydrogens is 450 g/mol. The van der Waals surface area contributed by atoms with E-state index in [1.165, 1.54) is 36.5 Å². The maximum atomic E-state index is 14.5. The molecule has 2 aromatic carbocycles. The first-order valence-electron chi connectivity index (χ1n) is 10.6. The topological polar surface area (TPSA) is 71.1 Å². The van der Waals surface area contributed by atoms with E-state index in [1.807, 2.05) is 0 Å². The van der Waals surface area contributed by atoms with Crippen molar-refractivity contribution < 1.29 is 27.2 Å². The lowest BCUT2D eigenvalue weighted by Gasteiger charge is -2.11. The minimum atomic E-state index is -4.47. The fraction of sp³-hybridized carbons (Fsp3) is 0.240. The molecule has 0 saturated heterocycles. The van der Waals surface area contributed by atoms with Crippen LogP contribution < -0.4 is 10.6 Å². The third-order valence-electron chi connectivity index (χ3n) is 5.53. The Labute approximate surface area is 193 Å². The maximum Gasteiger partial charge on any atom is 0.416 e. The second-order valence-corrected chi connectivity index (χ2v) is 8.19. The number of hydrogen-bond donors (Lipinski definition) is 2. The largest absolute Gasteiger partial charge is 0.416 e. The average Bonchev–Trinajstić information content (AvgIpc) is 3.63. The van der Waals surface area contributed by atoms with Gasteiger partial charge in [0, 0.05) is 29.9 Å². The zero-order valence-corrected chi connectivity index (χ0v) is 18.2. The number of aromatic nitrogens is 1. The van der Waals surface area contributed by atoms with E-state index in [2.05, 4.69) is 15.6 Å². The van der Waals surface area contributed by atoms with Crippen molar-refractivity contribution in [2.75, 3.05) is 0 Å². The van der Waals surface area contributed by atoms with Gasteiger partial charge in [0.05, 0.1) is 16.8 Å². The molecule has 1 heterocycles. The quantitative estimate of drug-likeness (QED) is 0.495. The molecule has 1 aliphatic carbocycles. The number of pyridine rings is 1. The summed E-state index contributed by atoms with van der Waals surface area (Å²) >= 11 is 0. The summed E-state index contributed by atoms with van der Waals surface area (Å²) in [6.07, 6.45) is -1.35. The molecule has 1 aliphatic rings. The second-order valence-electron chi connectivity index (χ2n) is 8.19. The molecule has 1 saturated carbocycles. The molecule has 1 fully saturated rings. The van der Waals surface area contributed by atoms with E-state index in [-0.39, 0.29) is 29.6 Å². The van der Waals surface area contributed by atoms with Crippen LogP contribution in [0.4, 0.5) is 17.6 Å². The zero-order valence-electron chi connectivity index (χ0n) is 18.2. The van der Waals surface area contributed by atoms with Gasteiger partial charge in [-0.25, -0.2) is 4.39 Å². The zero-order chi connectivity index (χ0) is 24.5. The van der Waals surface area contributed by atoms with Crippen molar-refractivity contribution in [3.63, 3.8) is 0 Å². The number of carbonyl (C=O) groups excluding carboxylic acids is 2. The van der Waals surface area contributed by atoms with E-state index >= 15 is 0 Å². The van der Waals surface area contributed by atoms with Crippen molar-refractivity contribution in [3.05, 3.63) is 88.4 Å². The van der Waals surface area contributed by atoms with E-state index < -0.39 is 23.5 Å². The molecule has 2 N–H and O–H groups in total. The summed E-state index contributed by atoms with van der Waals surface area (Å²) in [5.41, 5.74) is 1.02. The number of halogens is 4. The van der Waals surface area contributed by atoms with Crippen LogP contribution in [-0.4, -0.2) is 22.8 Å². The van der Waals surface area contributed by atoms with Crippen LogP contribution in [0.15, 0.2) is 54.7 Å². The van der Waals surface area contributed by atoms with Crippen molar-refractivity contribution in [3.8, 4) is 11.3 Å². The smallest absolute Gasteiger partial charge is 0.349 e. The van der Waals surface area contributed by atoms with Gasteiger partial charge in [-0.15, -0.1) is 0 Å². The van der Waals surface area contributed by atoms with Crippen LogP contribution in [0.25, 0.3) is 11.3 Å². The molecule has 0 spiro atoms. The van der Waals surface area contributed by atoms with E-state index in [0.29, 0.717) is 22.4 Å². The van der Waals surface area contributed by atoms with Gasteiger partial charge in [0.2, 0.25) is 0 Å². The number of nitrogens with zero attached hydrogens (tertiary/aromatic N) is 1. The summed E-state index contributed by atoms with van der Waals surface area (Å²) in [4.78, 5) is 29.0. The third kappa shape index (κ3) is 5.41. The molecule has 2 amide bonds. The van der Waals surface area contributed by atoms with Crippen molar-refractivity contribution in [2.45, 2.75) is 38.5 Å². The van der Waals surface area contributed by atoms with Crippen LogP contribution in [-0.2, 0) is 12.7 Å². The van der Waals surface area contributed by atoms with E-state index in [0.717, 1.165) is 25.0 Å². The molecule has 0 aliphatic heterocycles. The van der Waals surface area contributed by atoms with Gasteiger partial charge in [0.1, 0.15) is 5.82 Å². The summed E-state index contributed by atoms with van der Waals surface area (Å²) in [6.45, 7) is 1.48. The molecule has 0 radical (unpaired) electrons. The Morgan fingerprint density at radius 2 is 1.79 bits per heavy atom. The summed E-state index contributed by atoms with van der Waals surface area (Å²) < 4.78 is 53.0. The van der Waals surface area contributed by atoms with Gasteiger partial charge in [-0.1, -0.05) is 12.1 Å². The molecule has 1 aromatic heterocycles. The highest BCUT2D eigenvalue weighted by Crippen LogP contribution is 2.30. The number of carbonyl (C=O) groups is 2. The number of alkyl halides is 3. The Bertz CT molecular complexity index is 1240. The summed E-state index contributed by atoms with van der Waals surface area (Å²) in [5.74, 6) is -1.41. The summed E-state index contributed by atoms with van der Waals surface area (Å²) in [6, 6.07) is 10.6. The van der Waals surface area contributed by atoms with Gasteiger partial charge in [-0.2, -0.15) is 13.2 Å². The highest BCUT2D eigenvalue weighted by Gasteiger charge is 2.30. The standard InChI is InChI=1S/C25H21F4N3O2/c1-14-20(10-17(11-21(14)26)24(34)32-19-6-7-19)22-8-5-16(13-30-22)23(33)31-12-15-3-2-4-18(9-15)25(27,28)29/h2-5,8-11,13,19H,6-7,12H2,1H3,(H,31,33)(H,32,34). The Balaban J connectivity index is 1.47. The van der Waals surface area contributed by atoms with Gasteiger partial charge in [-0.3, -0.25) is 14.6 Å². The second kappa shape index (κ2) is 9.24. The van der Waals surface area contributed by atoms with Crippen molar-refractivity contribution >= 4 is 11.8 Å². The van der Waals surface area contributed by atoms with Gasteiger partial charge in [-0.05, 0) is 67.3 Å². The Morgan fingerprint density at radius 3 is 2.44 bits per heavy atom. The number of benzene rings is 2. The Kier molecular flexibility index (Phi) is 6.37. The van der Waals surface area contributed by atoms with Gasteiger partial charge in [0.25, 0.3) is 11.8 Å². The molecule has 9 heteroatoms. The van der Waals surface area contributed by atoms with Crippen LogP contribution in [0.5, 0.6) is 0 Å². The first-order valence-corrected chi connectivity index (χ1v) is 10.6. The Hall–Kier alpha value is -3.75. The minimum Gasteiger partial charge on any atom is -0.349 e. The van der Waals surface area contributed by atoms with Crippen LogP contribution in [0.1, 0.15) is 50.2 Å². The predicted octanol–water partition coefficient (Wildman–Crippen LogP) is 5.04. The van der Waals surface area contributed by atoms with Crippen LogP contribution in [0, 0.1) is 12.7 Å². The lowest BCUT2D eigenvalue weighted by molar-refractivity contribution is -0.137. The molecule has 4 rings (SSSR count). The molecule has 0 atom stereocenters. The monoisotopic (exact) mass is 471 g/mol. The third-order valence-corrected chi connectivity index (χ3v) is 5.53. The number of hydrogen-bond acceptors (Lipinski definition) is 3. The summed E-state index contributed by atoms with van der Waals surface area (Å²) in [7, 11) is 0. The van der Waals surface area contributed by atoms with Crippen LogP contribution >= 0.6 is 0 Å². The normalized spacial score (nSPS) is 13.4. The van der Waals surface area contributed by atoms with E-state index in [4.69, 9.17) is 0 Å². The number of rotatable bonds is 6. The molecule has 176 valence electrons. The SMILES string of the molecule is Cc1c(F)cc(C(=O)NC2CC2)cc1-c1ccc(C(=O)NCc2cccc(C(F)(F)F)c2)cn1. The highest BCUT2D eigenvalue weighted by atomic mass is 19.4. The van der Waals surface area contributed by atoms with Gasteiger partial charge >= 0.3 is 6.18 Å². The first kappa shape index (κ1) is 23.4. The summed E-state index contributed by atoms with van der Waals surface area (Å²) in [5, 5.41) is 5.38. The minimum absolute atomic E-state index is 0.0903. The van der Waals surface area contributed by atoms with Crippen LogP contribution in [0.2, 0.25) is 0 Å². The molecule has 3 aromatic rings. The highest BCUT2D eigenvalue weighted by molar-refractivity contribution is 5.96. The van der Waals surface area contributed by atoms with Gasteiger partial charge < -0.3 is 10.6 Å². The average molecular weight is 471 g/mol. The maximum absolute atomic E-state index is 14.5. The van der Waals surface area contributed by atoms with Gasteiger partial charge in [0.15, 0.2) is 0 Å². The molecule has 5 nitrogen and oxygen atoms in total. The van der Waals surface area contributed by atoms with Crippen molar-refractivity contribution in [1.82, 2.24) is 15.6 Å². The van der Waals surface area contributed by atoms with Crippen LogP contribution in [0.3, 0.4) is 0 Å². The van der Waals surface area contributed by atoms with Crippen molar-refractivity contribution in [2.24, 2.45) is 0 Å². The number of nitrogens with one attached hydrogen (secondary N) is 2. The van der Waals surface area contributed by atoms with Crippen molar-refractivity contribution in [1.29, 1.82) is 0 Å². The lowest BCUT2D eigenvalue weighted by Crippen LogP contribution is -2.25. The Morgan fingerprint density at radius 1 is 1.03 bits per heavy atom. The van der Waals surface area contributed by atoms with E-state index in [1.54, 1.807) is 13.0 Å². The molecule has 0 unspecified atom stereocenters. The fourth-order valence-electron chi connectivity index (χ4n) is 3.40. The first-order chi connectivity index (χ1) is 16.1.